The van der Waals surface area contributed by atoms with Gasteiger partial charge in [-0.1, -0.05) is 13.8 Å². The Bertz CT molecular complexity index is 477. The molecule has 0 spiro atoms. The van der Waals surface area contributed by atoms with Gasteiger partial charge in [0.1, 0.15) is 5.84 Å². The number of carbonyl (C=O) groups is 1. The van der Waals surface area contributed by atoms with Crippen LogP contribution in [0.5, 0.6) is 0 Å². The zero-order chi connectivity index (χ0) is 15.3. The maximum absolute atomic E-state index is 11.8. The van der Waals surface area contributed by atoms with E-state index in [4.69, 9.17) is 5.73 Å². The van der Waals surface area contributed by atoms with E-state index in [1.807, 2.05) is 64.0 Å². The number of nitrogens with one attached hydrogen (secondary N) is 1. The van der Waals surface area contributed by atoms with Gasteiger partial charge in [0, 0.05) is 19.8 Å². The van der Waals surface area contributed by atoms with Crippen LogP contribution >= 0.6 is 0 Å². The molecule has 110 valence electrons. The number of benzene rings is 1. The summed E-state index contributed by atoms with van der Waals surface area (Å²) in [4.78, 5) is 18.2. The van der Waals surface area contributed by atoms with E-state index in [0.717, 1.165) is 17.2 Å². The molecular formula is C15H24N4O. The predicted molar refractivity (Wildman–Crippen MR) is 84.3 cm³/mol. The summed E-state index contributed by atoms with van der Waals surface area (Å²) in [7, 11) is 3.89. The Morgan fingerprint density at radius 2 is 1.80 bits per heavy atom. The third-order valence-electron chi connectivity index (χ3n) is 3.09. The van der Waals surface area contributed by atoms with Crippen molar-refractivity contribution in [2.24, 2.45) is 16.6 Å². The Balaban J connectivity index is 2.73. The van der Waals surface area contributed by atoms with Gasteiger partial charge in [0.15, 0.2) is 0 Å². The quantitative estimate of drug-likeness (QED) is 0.654. The molecule has 0 aliphatic heterocycles. The lowest BCUT2D eigenvalue weighted by Gasteiger charge is -2.15. The first-order chi connectivity index (χ1) is 9.31. The van der Waals surface area contributed by atoms with Crippen LogP contribution in [0, 0.1) is 5.92 Å². The molecule has 5 nitrogen and oxygen atoms in total. The fraction of sp³-hybridized carbons (Fsp3) is 0.467. The third kappa shape index (κ3) is 4.66. The first-order valence-electron chi connectivity index (χ1n) is 6.70. The Labute approximate surface area is 120 Å². The standard InChI is InChI=1S/C15H24N4O/c1-10(2)14(16)15(20)18-13-8-6-12(7-9-13)17-11(3)19(4)5/h6-10,14H,16H2,1-5H3,(H,18,20)/b17-11+/t14-/m0/s1. The van der Waals surface area contributed by atoms with Crippen LogP contribution < -0.4 is 11.1 Å². The van der Waals surface area contributed by atoms with Gasteiger partial charge >= 0.3 is 0 Å². The number of hydrogen-bond donors (Lipinski definition) is 2. The molecule has 0 fully saturated rings. The van der Waals surface area contributed by atoms with Crippen molar-refractivity contribution in [3.8, 4) is 0 Å². The van der Waals surface area contributed by atoms with E-state index < -0.39 is 6.04 Å². The van der Waals surface area contributed by atoms with Crippen LogP contribution in [0.1, 0.15) is 20.8 Å². The zero-order valence-electron chi connectivity index (χ0n) is 12.8. The summed E-state index contributed by atoms with van der Waals surface area (Å²) in [6.45, 7) is 5.79. The minimum atomic E-state index is -0.497. The molecule has 1 amide bonds. The van der Waals surface area contributed by atoms with Crippen molar-refractivity contribution in [2.75, 3.05) is 19.4 Å². The van der Waals surface area contributed by atoms with Gasteiger partial charge in [-0.15, -0.1) is 0 Å². The van der Waals surface area contributed by atoms with Crippen molar-refractivity contribution in [3.05, 3.63) is 24.3 Å². The van der Waals surface area contributed by atoms with Gasteiger partial charge in [-0.3, -0.25) is 4.79 Å². The van der Waals surface area contributed by atoms with Crippen LogP contribution in [-0.4, -0.2) is 36.8 Å². The second-order valence-corrected chi connectivity index (χ2v) is 5.36. The van der Waals surface area contributed by atoms with E-state index in [9.17, 15) is 4.79 Å². The number of anilines is 1. The van der Waals surface area contributed by atoms with Crippen LogP contribution in [0.4, 0.5) is 11.4 Å². The summed E-state index contributed by atoms with van der Waals surface area (Å²) >= 11 is 0. The Kier molecular flexibility index (Phi) is 5.70. The highest BCUT2D eigenvalue weighted by atomic mass is 16.2. The number of amidine groups is 1. The highest BCUT2D eigenvalue weighted by Gasteiger charge is 2.16. The van der Waals surface area contributed by atoms with Gasteiger partial charge in [0.2, 0.25) is 5.91 Å². The normalized spacial score (nSPS) is 13.2. The number of rotatable bonds is 4. The fourth-order valence-electron chi connectivity index (χ4n) is 1.43. The van der Waals surface area contributed by atoms with E-state index >= 15 is 0 Å². The van der Waals surface area contributed by atoms with Gasteiger partial charge in [-0.25, -0.2) is 4.99 Å². The van der Waals surface area contributed by atoms with Crippen molar-refractivity contribution in [3.63, 3.8) is 0 Å². The Morgan fingerprint density at radius 3 is 2.25 bits per heavy atom. The molecule has 0 bridgehead atoms. The molecule has 20 heavy (non-hydrogen) atoms. The van der Waals surface area contributed by atoms with E-state index in [1.165, 1.54) is 0 Å². The average molecular weight is 276 g/mol. The van der Waals surface area contributed by atoms with Crippen LogP contribution in [-0.2, 0) is 4.79 Å². The topological polar surface area (TPSA) is 70.7 Å². The number of amides is 1. The second-order valence-electron chi connectivity index (χ2n) is 5.36. The molecule has 3 N–H and O–H groups in total. The van der Waals surface area contributed by atoms with Crippen LogP contribution in [0.2, 0.25) is 0 Å². The average Bonchev–Trinajstić information content (AvgIpc) is 2.39. The molecule has 0 aliphatic rings. The van der Waals surface area contributed by atoms with Gasteiger partial charge in [-0.2, -0.15) is 0 Å². The first kappa shape index (κ1) is 16.2. The van der Waals surface area contributed by atoms with Crippen molar-refractivity contribution in [1.82, 2.24) is 4.90 Å². The lowest BCUT2D eigenvalue weighted by molar-refractivity contribution is -0.118. The van der Waals surface area contributed by atoms with Crippen LogP contribution in [0.25, 0.3) is 0 Å². The van der Waals surface area contributed by atoms with E-state index in [0.29, 0.717) is 0 Å². The van der Waals surface area contributed by atoms with Gasteiger partial charge < -0.3 is 16.0 Å². The fourth-order valence-corrected chi connectivity index (χ4v) is 1.43. The second kappa shape index (κ2) is 7.05. The number of nitrogens with zero attached hydrogens (tertiary/aromatic N) is 2. The minimum Gasteiger partial charge on any atom is -0.366 e. The molecule has 0 saturated heterocycles. The zero-order valence-corrected chi connectivity index (χ0v) is 12.8. The lowest BCUT2D eigenvalue weighted by atomic mass is 10.0. The summed E-state index contributed by atoms with van der Waals surface area (Å²) in [5.41, 5.74) is 7.38. The van der Waals surface area contributed by atoms with E-state index in [1.54, 1.807) is 0 Å². The number of nitrogens with two attached hydrogens (primary N) is 1. The molecule has 0 aliphatic carbocycles. The van der Waals surface area contributed by atoms with Crippen LogP contribution in [0.3, 0.4) is 0 Å². The molecule has 5 heteroatoms. The predicted octanol–water partition coefficient (Wildman–Crippen LogP) is 2.22. The van der Waals surface area contributed by atoms with Gasteiger partial charge in [0.25, 0.3) is 0 Å². The number of carbonyl (C=O) groups excluding carboxylic acids is 1. The molecular weight excluding hydrogens is 252 g/mol. The highest BCUT2D eigenvalue weighted by molar-refractivity contribution is 5.95. The van der Waals surface area contributed by atoms with Crippen molar-refractivity contribution < 1.29 is 4.79 Å². The molecule has 1 rings (SSSR count). The molecule has 1 aromatic carbocycles. The molecule has 0 radical (unpaired) electrons. The smallest absolute Gasteiger partial charge is 0.241 e. The minimum absolute atomic E-state index is 0.113. The monoisotopic (exact) mass is 276 g/mol. The Morgan fingerprint density at radius 1 is 1.25 bits per heavy atom. The number of aliphatic imine (C=N–C) groups is 1. The lowest BCUT2D eigenvalue weighted by Crippen LogP contribution is -2.39. The van der Waals surface area contributed by atoms with Gasteiger partial charge in [0.05, 0.1) is 11.7 Å². The van der Waals surface area contributed by atoms with Crippen molar-refractivity contribution in [2.45, 2.75) is 26.8 Å². The summed E-state index contributed by atoms with van der Waals surface area (Å²) in [5, 5.41) is 2.80. The summed E-state index contributed by atoms with van der Waals surface area (Å²) in [5.74, 6) is 0.867. The van der Waals surface area contributed by atoms with E-state index in [-0.39, 0.29) is 11.8 Å². The highest BCUT2D eigenvalue weighted by Crippen LogP contribution is 2.17. The van der Waals surface area contributed by atoms with Gasteiger partial charge in [-0.05, 0) is 37.1 Å². The molecule has 0 heterocycles. The largest absolute Gasteiger partial charge is 0.366 e. The molecule has 1 atom stereocenters. The van der Waals surface area contributed by atoms with Crippen molar-refractivity contribution >= 4 is 23.1 Å². The Hall–Kier alpha value is -1.88. The molecule has 0 saturated carbocycles. The summed E-state index contributed by atoms with van der Waals surface area (Å²) in [6.07, 6.45) is 0. The molecule has 1 aromatic rings. The molecule has 0 unspecified atom stereocenters. The summed E-state index contributed by atoms with van der Waals surface area (Å²) in [6, 6.07) is 6.88. The summed E-state index contributed by atoms with van der Waals surface area (Å²) < 4.78 is 0. The maximum Gasteiger partial charge on any atom is 0.241 e. The first-order valence-corrected chi connectivity index (χ1v) is 6.70. The number of hydrogen-bond acceptors (Lipinski definition) is 3. The van der Waals surface area contributed by atoms with E-state index in [2.05, 4.69) is 10.3 Å². The maximum atomic E-state index is 11.8. The molecule has 0 aromatic heterocycles. The van der Waals surface area contributed by atoms with Crippen LogP contribution in [0.15, 0.2) is 29.3 Å². The SMILES string of the molecule is C/C(=N\c1ccc(NC(=O)[C@@H](N)C(C)C)cc1)N(C)C. The third-order valence-corrected chi connectivity index (χ3v) is 3.09. The van der Waals surface area contributed by atoms with Crippen molar-refractivity contribution in [1.29, 1.82) is 0 Å².